The molecule has 7 heteroatoms. The van der Waals surface area contributed by atoms with Crippen molar-refractivity contribution < 1.29 is 14.3 Å². The SMILES string of the molecule is COc1ccc(Cl)cc1NCCC(=O)N1CCN(C(=O)CC2CCCC2)CC1. The quantitative estimate of drug-likeness (QED) is 0.752. The predicted molar refractivity (Wildman–Crippen MR) is 111 cm³/mol. The van der Waals surface area contributed by atoms with Gasteiger partial charge >= 0.3 is 0 Å². The fraction of sp³-hybridized carbons (Fsp3) is 0.619. The van der Waals surface area contributed by atoms with Crippen molar-refractivity contribution in [1.82, 2.24) is 9.80 Å². The molecular weight excluding hydrogens is 378 g/mol. The summed E-state index contributed by atoms with van der Waals surface area (Å²) < 4.78 is 5.30. The van der Waals surface area contributed by atoms with E-state index < -0.39 is 0 Å². The van der Waals surface area contributed by atoms with Gasteiger partial charge in [-0.3, -0.25) is 9.59 Å². The zero-order chi connectivity index (χ0) is 19.9. The van der Waals surface area contributed by atoms with Crippen molar-refractivity contribution >= 4 is 29.1 Å². The standard InChI is InChI=1S/C21H30ClN3O3/c1-28-19-7-6-17(22)15-18(19)23-9-8-20(26)24-10-12-25(13-11-24)21(27)14-16-4-2-3-5-16/h6-7,15-16,23H,2-5,8-14H2,1H3. The van der Waals surface area contributed by atoms with E-state index >= 15 is 0 Å². The van der Waals surface area contributed by atoms with Crippen LogP contribution in [0.25, 0.3) is 0 Å². The summed E-state index contributed by atoms with van der Waals surface area (Å²) in [6, 6.07) is 5.36. The Kier molecular flexibility index (Phi) is 7.43. The van der Waals surface area contributed by atoms with Crippen molar-refractivity contribution in [3.05, 3.63) is 23.2 Å². The third kappa shape index (κ3) is 5.53. The summed E-state index contributed by atoms with van der Waals surface area (Å²) in [5.74, 6) is 1.64. The first kappa shape index (κ1) is 20.8. The maximum absolute atomic E-state index is 12.5. The average molecular weight is 408 g/mol. The first-order valence-electron chi connectivity index (χ1n) is 10.2. The Morgan fingerprint density at radius 1 is 1.11 bits per heavy atom. The molecule has 28 heavy (non-hydrogen) atoms. The Hall–Kier alpha value is -1.95. The first-order valence-corrected chi connectivity index (χ1v) is 10.6. The van der Waals surface area contributed by atoms with E-state index in [1.165, 1.54) is 25.7 Å². The van der Waals surface area contributed by atoms with Crippen molar-refractivity contribution in [3.63, 3.8) is 0 Å². The van der Waals surface area contributed by atoms with Crippen molar-refractivity contribution in [2.45, 2.75) is 38.5 Å². The maximum atomic E-state index is 12.5. The van der Waals surface area contributed by atoms with E-state index in [4.69, 9.17) is 16.3 Å². The summed E-state index contributed by atoms with van der Waals surface area (Å²) in [5.41, 5.74) is 0.783. The molecule has 1 saturated carbocycles. The molecule has 0 unspecified atom stereocenters. The van der Waals surface area contributed by atoms with Gasteiger partial charge in [0.05, 0.1) is 12.8 Å². The summed E-state index contributed by atoms with van der Waals surface area (Å²) >= 11 is 6.03. The third-order valence-electron chi connectivity index (χ3n) is 5.74. The molecule has 0 spiro atoms. The van der Waals surface area contributed by atoms with Gasteiger partial charge < -0.3 is 19.9 Å². The number of hydrogen-bond acceptors (Lipinski definition) is 4. The molecule has 1 aromatic rings. The van der Waals surface area contributed by atoms with Gasteiger partial charge in [-0.05, 0) is 37.0 Å². The molecule has 1 N–H and O–H groups in total. The van der Waals surface area contributed by atoms with Crippen LogP contribution in [-0.4, -0.2) is 61.4 Å². The van der Waals surface area contributed by atoms with E-state index in [0.29, 0.717) is 62.3 Å². The van der Waals surface area contributed by atoms with E-state index in [2.05, 4.69) is 5.32 Å². The number of carbonyl (C=O) groups is 2. The molecule has 6 nitrogen and oxygen atoms in total. The number of hydrogen-bond donors (Lipinski definition) is 1. The molecule has 2 aliphatic rings. The van der Waals surface area contributed by atoms with Crippen molar-refractivity contribution in [1.29, 1.82) is 0 Å². The summed E-state index contributed by atoms with van der Waals surface area (Å²) in [7, 11) is 1.60. The highest BCUT2D eigenvalue weighted by atomic mass is 35.5. The van der Waals surface area contributed by atoms with E-state index in [1.54, 1.807) is 25.3 Å². The number of methoxy groups -OCH3 is 1. The number of ether oxygens (including phenoxy) is 1. The number of benzene rings is 1. The summed E-state index contributed by atoms with van der Waals surface area (Å²) in [5, 5.41) is 3.84. The van der Waals surface area contributed by atoms with Gasteiger partial charge in [0, 0.05) is 50.6 Å². The van der Waals surface area contributed by atoms with Gasteiger partial charge in [-0.15, -0.1) is 0 Å². The Morgan fingerprint density at radius 3 is 2.39 bits per heavy atom. The molecule has 0 aromatic heterocycles. The lowest BCUT2D eigenvalue weighted by Gasteiger charge is -2.35. The number of piperazine rings is 1. The van der Waals surface area contributed by atoms with Gasteiger partial charge in [-0.1, -0.05) is 24.4 Å². The highest BCUT2D eigenvalue weighted by Gasteiger charge is 2.26. The van der Waals surface area contributed by atoms with Crippen LogP contribution in [0.15, 0.2) is 18.2 Å². The Morgan fingerprint density at radius 2 is 1.75 bits per heavy atom. The van der Waals surface area contributed by atoms with Crippen molar-refractivity contribution in [2.24, 2.45) is 5.92 Å². The Bertz CT molecular complexity index is 683. The van der Waals surface area contributed by atoms with E-state index in [9.17, 15) is 9.59 Å². The molecule has 1 saturated heterocycles. The minimum absolute atomic E-state index is 0.108. The van der Waals surface area contributed by atoms with E-state index in [0.717, 1.165) is 5.69 Å². The zero-order valence-corrected chi connectivity index (χ0v) is 17.3. The zero-order valence-electron chi connectivity index (χ0n) is 16.6. The predicted octanol–water partition coefficient (Wildman–Crippen LogP) is 3.40. The van der Waals surface area contributed by atoms with Gasteiger partial charge in [-0.2, -0.15) is 0 Å². The lowest BCUT2D eigenvalue weighted by molar-refractivity contribution is -0.140. The second kappa shape index (κ2) is 10.0. The van der Waals surface area contributed by atoms with Crippen molar-refractivity contribution in [3.8, 4) is 5.75 Å². The normalized spacial score (nSPS) is 17.6. The molecule has 0 radical (unpaired) electrons. The van der Waals surface area contributed by atoms with Crippen LogP contribution >= 0.6 is 11.6 Å². The third-order valence-corrected chi connectivity index (χ3v) is 5.97. The number of nitrogens with zero attached hydrogens (tertiary/aromatic N) is 2. The minimum atomic E-state index is 0.108. The fourth-order valence-corrected chi connectivity index (χ4v) is 4.25. The van der Waals surface area contributed by atoms with E-state index in [1.807, 2.05) is 9.80 Å². The van der Waals surface area contributed by atoms with Crippen LogP contribution in [-0.2, 0) is 9.59 Å². The average Bonchev–Trinajstić information content (AvgIpc) is 3.21. The van der Waals surface area contributed by atoms with Crippen LogP contribution in [0.3, 0.4) is 0 Å². The van der Waals surface area contributed by atoms with Gasteiger partial charge in [0.25, 0.3) is 0 Å². The van der Waals surface area contributed by atoms with Crippen LogP contribution in [0.5, 0.6) is 5.75 Å². The molecule has 3 rings (SSSR count). The topological polar surface area (TPSA) is 61.9 Å². The summed E-state index contributed by atoms with van der Waals surface area (Å²) in [6.45, 7) is 3.04. The lowest BCUT2D eigenvalue weighted by atomic mass is 10.0. The lowest BCUT2D eigenvalue weighted by Crippen LogP contribution is -2.51. The molecular formula is C21H30ClN3O3. The summed E-state index contributed by atoms with van der Waals surface area (Å²) in [4.78, 5) is 28.7. The largest absolute Gasteiger partial charge is 0.495 e. The monoisotopic (exact) mass is 407 g/mol. The van der Waals surface area contributed by atoms with Gasteiger partial charge in [0.1, 0.15) is 5.75 Å². The second-order valence-corrected chi connectivity index (χ2v) is 8.07. The van der Waals surface area contributed by atoms with Gasteiger partial charge in [-0.25, -0.2) is 0 Å². The van der Waals surface area contributed by atoms with Crippen LogP contribution in [0.2, 0.25) is 5.02 Å². The number of anilines is 1. The van der Waals surface area contributed by atoms with E-state index in [-0.39, 0.29) is 11.8 Å². The minimum Gasteiger partial charge on any atom is -0.495 e. The summed E-state index contributed by atoms with van der Waals surface area (Å²) in [6.07, 6.45) is 5.97. The second-order valence-electron chi connectivity index (χ2n) is 7.64. The highest BCUT2D eigenvalue weighted by molar-refractivity contribution is 6.30. The molecule has 2 amide bonds. The molecule has 154 valence electrons. The molecule has 0 bridgehead atoms. The number of halogens is 1. The first-order chi connectivity index (χ1) is 13.6. The molecule has 1 aromatic carbocycles. The van der Waals surface area contributed by atoms with Gasteiger partial charge in [0.2, 0.25) is 11.8 Å². The van der Waals surface area contributed by atoms with Crippen LogP contribution in [0.1, 0.15) is 38.5 Å². The molecule has 0 atom stereocenters. The molecule has 2 fully saturated rings. The number of rotatable bonds is 7. The van der Waals surface area contributed by atoms with Crippen LogP contribution in [0, 0.1) is 5.92 Å². The Labute approximate surface area is 172 Å². The smallest absolute Gasteiger partial charge is 0.224 e. The molecule has 1 heterocycles. The Balaban J connectivity index is 1.39. The molecule has 1 aliphatic carbocycles. The molecule has 1 aliphatic heterocycles. The highest BCUT2D eigenvalue weighted by Crippen LogP contribution is 2.29. The maximum Gasteiger partial charge on any atom is 0.224 e. The fourth-order valence-electron chi connectivity index (χ4n) is 4.08. The number of nitrogens with one attached hydrogen (secondary N) is 1. The van der Waals surface area contributed by atoms with Crippen LogP contribution in [0.4, 0.5) is 5.69 Å². The number of amides is 2. The number of carbonyl (C=O) groups excluding carboxylic acids is 2. The van der Waals surface area contributed by atoms with Gasteiger partial charge in [0.15, 0.2) is 0 Å². The van der Waals surface area contributed by atoms with Crippen molar-refractivity contribution in [2.75, 3.05) is 45.2 Å². The van der Waals surface area contributed by atoms with Crippen LogP contribution < -0.4 is 10.1 Å².